The van der Waals surface area contributed by atoms with E-state index in [2.05, 4.69) is 10.6 Å². The molecule has 0 amide bonds. The molecule has 4 heteroatoms. The van der Waals surface area contributed by atoms with Crippen molar-refractivity contribution in [1.29, 1.82) is 0 Å². The molecule has 2 N–H and O–H groups in total. The minimum absolute atomic E-state index is 0.268. The number of hydrogen-bond acceptors (Lipinski definition) is 2. The molecule has 1 aromatic carbocycles. The minimum atomic E-state index is 0.268. The first kappa shape index (κ1) is 9.61. The maximum atomic E-state index is 6.00. The van der Waals surface area contributed by atoms with Gasteiger partial charge in [0.1, 0.15) is 0 Å². The summed E-state index contributed by atoms with van der Waals surface area (Å²) < 4.78 is 0. The van der Waals surface area contributed by atoms with Gasteiger partial charge >= 0.3 is 0 Å². The van der Waals surface area contributed by atoms with Gasteiger partial charge in [0.05, 0.1) is 27.0 Å². The average Bonchev–Trinajstić information content (AvgIpc) is 2.17. The summed E-state index contributed by atoms with van der Waals surface area (Å²) in [5.74, 6) is 0. The van der Waals surface area contributed by atoms with E-state index in [0.29, 0.717) is 10.0 Å². The molecule has 1 spiro atoms. The second kappa shape index (κ2) is 3.19. The van der Waals surface area contributed by atoms with Crippen molar-refractivity contribution in [3.63, 3.8) is 0 Å². The first-order chi connectivity index (χ1) is 7.19. The molecule has 0 radical (unpaired) electrons. The highest BCUT2D eigenvalue weighted by atomic mass is 35.5. The molecule has 1 aliphatic carbocycles. The fourth-order valence-corrected chi connectivity index (χ4v) is 2.62. The fraction of sp³-hybridized carbons (Fsp3) is 0.455. The second-order valence-corrected chi connectivity index (χ2v) is 5.24. The van der Waals surface area contributed by atoms with Gasteiger partial charge in [-0.3, -0.25) is 0 Å². The van der Waals surface area contributed by atoms with Crippen LogP contribution in [0.3, 0.4) is 0 Å². The average molecular weight is 243 g/mol. The summed E-state index contributed by atoms with van der Waals surface area (Å²) in [7, 11) is 0. The highest BCUT2D eigenvalue weighted by molar-refractivity contribution is 6.42. The van der Waals surface area contributed by atoms with Crippen LogP contribution in [0.15, 0.2) is 12.1 Å². The van der Waals surface area contributed by atoms with Crippen LogP contribution in [-0.4, -0.2) is 12.1 Å². The normalized spacial score (nSPS) is 21.2. The molecule has 1 fully saturated rings. The predicted octanol–water partition coefficient (Wildman–Crippen LogP) is 3.75. The molecule has 0 atom stereocenters. The molecule has 2 aliphatic rings. The topological polar surface area (TPSA) is 24.1 Å². The monoisotopic (exact) mass is 242 g/mol. The van der Waals surface area contributed by atoms with Gasteiger partial charge in [0.25, 0.3) is 0 Å². The Bertz CT molecular complexity index is 413. The lowest BCUT2D eigenvalue weighted by Gasteiger charge is -2.47. The SMILES string of the molecule is Clc1cc2c(cc1Cl)NC1(CCC1)CN2. The highest BCUT2D eigenvalue weighted by Crippen LogP contribution is 2.43. The van der Waals surface area contributed by atoms with Crippen LogP contribution in [0, 0.1) is 0 Å². The van der Waals surface area contributed by atoms with Gasteiger partial charge in [-0.25, -0.2) is 0 Å². The molecule has 0 bridgehead atoms. The van der Waals surface area contributed by atoms with Gasteiger partial charge in [0, 0.05) is 6.54 Å². The number of fused-ring (bicyclic) bond motifs is 1. The maximum Gasteiger partial charge on any atom is 0.0614 e. The summed E-state index contributed by atoms with van der Waals surface area (Å²) in [5.41, 5.74) is 2.40. The summed E-state index contributed by atoms with van der Waals surface area (Å²) in [4.78, 5) is 0. The van der Waals surface area contributed by atoms with Crippen molar-refractivity contribution in [3.8, 4) is 0 Å². The highest BCUT2D eigenvalue weighted by Gasteiger charge is 2.39. The maximum absolute atomic E-state index is 6.00. The second-order valence-electron chi connectivity index (χ2n) is 4.42. The zero-order valence-electron chi connectivity index (χ0n) is 8.24. The van der Waals surface area contributed by atoms with E-state index < -0.39 is 0 Å². The summed E-state index contributed by atoms with van der Waals surface area (Å²) in [6, 6.07) is 3.79. The van der Waals surface area contributed by atoms with Crippen LogP contribution >= 0.6 is 23.2 Å². The van der Waals surface area contributed by atoms with Crippen molar-refractivity contribution >= 4 is 34.6 Å². The van der Waals surface area contributed by atoms with E-state index >= 15 is 0 Å². The molecule has 80 valence electrons. The largest absolute Gasteiger partial charge is 0.381 e. The Balaban J connectivity index is 1.98. The zero-order chi connectivity index (χ0) is 10.5. The van der Waals surface area contributed by atoms with Crippen molar-refractivity contribution in [2.75, 3.05) is 17.2 Å². The molecule has 0 unspecified atom stereocenters. The Hall–Kier alpha value is -0.600. The first-order valence-electron chi connectivity index (χ1n) is 5.20. The van der Waals surface area contributed by atoms with Crippen LogP contribution in [0.25, 0.3) is 0 Å². The molecule has 3 rings (SSSR count). The van der Waals surface area contributed by atoms with E-state index in [1.807, 2.05) is 12.1 Å². The smallest absolute Gasteiger partial charge is 0.0614 e. The Labute approximate surface area is 99.0 Å². The van der Waals surface area contributed by atoms with Gasteiger partial charge in [0.15, 0.2) is 0 Å². The molecule has 1 aromatic rings. The van der Waals surface area contributed by atoms with Gasteiger partial charge in [-0.05, 0) is 31.4 Å². The Kier molecular flexibility index (Phi) is 2.05. The number of anilines is 2. The summed E-state index contributed by atoms with van der Waals surface area (Å²) in [5, 5.41) is 8.21. The Morgan fingerprint density at radius 3 is 2.33 bits per heavy atom. The van der Waals surface area contributed by atoms with Crippen LogP contribution in [0.2, 0.25) is 10.0 Å². The van der Waals surface area contributed by atoms with E-state index in [9.17, 15) is 0 Å². The van der Waals surface area contributed by atoms with Crippen LogP contribution in [0.4, 0.5) is 11.4 Å². The summed E-state index contributed by atoms with van der Waals surface area (Å²) >= 11 is 12.0. The van der Waals surface area contributed by atoms with E-state index in [4.69, 9.17) is 23.2 Å². The first-order valence-corrected chi connectivity index (χ1v) is 5.95. The van der Waals surface area contributed by atoms with Gasteiger partial charge in [-0.15, -0.1) is 0 Å². The number of hydrogen-bond donors (Lipinski definition) is 2. The van der Waals surface area contributed by atoms with Gasteiger partial charge in [-0.1, -0.05) is 23.2 Å². The van der Waals surface area contributed by atoms with Crippen molar-refractivity contribution < 1.29 is 0 Å². The van der Waals surface area contributed by atoms with E-state index in [-0.39, 0.29) is 5.54 Å². The van der Waals surface area contributed by atoms with Crippen LogP contribution in [-0.2, 0) is 0 Å². The number of nitrogens with one attached hydrogen (secondary N) is 2. The molecular weight excluding hydrogens is 231 g/mol. The molecule has 1 heterocycles. The Morgan fingerprint density at radius 1 is 1.07 bits per heavy atom. The van der Waals surface area contributed by atoms with Crippen LogP contribution < -0.4 is 10.6 Å². The molecule has 2 nitrogen and oxygen atoms in total. The van der Waals surface area contributed by atoms with Crippen molar-refractivity contribution in [3.05, 3.63) is 22.2 Å². The fourth-order valence-electron chi connectivity index (χ4n) is 2.30. The molecule has 0 aromatic heterocycles. The van der Waals surface area contributed by atoms with E-state index in [1.54, 1.807) is 0 Å². The van der Waals surface area contributed by atoms with Gasteiger partial charge in [-0.2, -0.15) is 0 Å². The van der Waals surface area contributed by atoms with Crippen molar-refractivity contribution in [2.45, 2.75) is 24.8 Å². The standard InChI is InChI=1S/C11H12Cl2N2/c12-7-4-9-10(5-8(7)13)15-11(6-14-9)2-1-3-11/h4-5,14-15H,1-3,6H2. The van der Waals surface area contributed by atoms with E-state index in [1.165, 1.54) is 19.3 Å². The quantitative estimate of drug-likeness (QED) is 0.725. The third-order valence-corrected chi connectivity index (χ3v) is 4.11. The number of rotatable bonds is 0. The number of benzene rings is 1. The molecule has 0 saturated heterocycles. The third-order valence-electron chi connectivity index (χ3n) is 3.39. The zero-order valence-corrected chi connectivity index (χ0v) is 9.75. The summed E-state index contributed by atoms with van der Waals surface area (Å²) in [6.45, 7) is 0.984. The molecule has 15 heavy (non-hydrogen) atoms. The lowest BCUT2D eigenvalue weighted by atomic mass is 9.75. The van der Waals surface area contributed by atoms with Crippen LogP contribution in [0.1, 0.15) is 19.3 Å². The van der Waals surface area contributed by atoms with Gasteiger partial charge < -0.3 is 10.6 Å². The minimum Gasteiger partial charge on any atom is -0.381 e. The lowest BCUT2D eigenvalue weighted by Crippen LogP contribution is -2.52. The third kappa shape index (κ3) is 1.47. The molecule has 1 aliphatic heterocycles. The van der Waals surface area contributed by atoms with Crippen molar-refractivity contribution in [1.82, 2.24) is 0 Å². The van der Waals surface area contributed by atoms with E-state index in [0.717, 1.165) is 17.9 Å². The summed E-state index contributed by atoms with van der Waals surface area (Å²) in [6.07, 6.45) is 3.78. The lowest BCUT2D eigenvalue weighted by molar-refractivity contribution is 0.291. The molecule has 1 saturated carbocycles. The van der Waals surface area contributed by atoms with Crippen molar-refractivity contribution in [2.24, 2.45) is 0 Å². The molecular formula is C11H12Cl2N2. The Morgan fingerprint density at radius 2 is 1.73 bits per heavy atom. The van der Waals surface area contributed by atoms with Crippen LogP contribution in [0.5, 0.6) is 0 Å². The van der Waals surface area contributed by atoms with Gasteiger partial charge in [0.2, 0.25) is 0 Å². The number of halogens is 2. The predicted molar refractivity (Wildman–Crippen MR) is 65.2 cm³/mol.